The summed E-state index contributed by atoms with van der Waals surface area (Å²) in [6.07, 6.45) is 0. The van der Waals surface area contributed by atoms with Gasteiger partial charge in [-0.25, -0.2) is 8.42 Å². The first-order valence-corrected chi connectivity index (χ1v) is 2.55. The summed E-state index contributed by atoms with van der Waals surface area (Å²) in [5, 5.41) is 7.33. The molecule has 56 valence electrons. The molecule has 0 unspecified atom stereocenters. The van der Waals surface area contributed by atoms with Gasteiger partial charge in [-0.2, -0.15) is 4.28 Å². The van der Waals surface area contributed by atoms with E-state index in [1.165, 1.54) is 0 Å². The van der Waals surface area contributed by atoms with Gasteiger partial charge in [0.15, 0.2) is 0 Å². The van der Waals surface area contributed by atoms with Gasteiger partial charge in [-0.15, -0.1) is 10.1 Å². The molecular weight excluding hydrogens is 248 g/mol. The van der Waals surface area contributed by atoms with Crippen molar-refractivity contribution < 1.29 is 42.8 Å². The first kappa shape index (κ1) is 11.6. The van der Waals surface area contributed by atoms with Crippen LogP contribution in [0.4, 0.5) is 0 Å². The average molecular weight is 248 g/mol. The molecule has 9 heteroatoms. The Labute approximate surface area is 63.7 Å². The van der Waals surface area contributed by atoms with Crippen LogP contribution in [0.1, 0.15) is 0 Å². The van der Waals surface area contributed by atoms with Crippen molar-refractivity contribution in [3.05, 3.63) is 10.1 Å². The second-order valence-corrected chi connectivity index (χ2v) is 1.67. The van der Waals surface area contributed by atoms with Crippen molar-refractivity contribution in [3.8, 4) is 0 Å². The fourth-order valence-corrected chi connectivity index (χ4v) is 0.224. The van der Waals surface area contributed by atoms with Gasteiger partial charge in [0, 0.05) is 0 Å². The standard InChI is InChI=1S/HNO6S.Pd/c2-1(3)7-8(4,5)6;/h(H,4,5,6);/q;+2/p-1. The summed E-state index contributed by atoms with van der Waals surface area (Å²) < 4.78 is 30.2. The quantitative estimate of drug-likeness (QED) is 0.196. The van der Waals surface area contributed by atoms with E-state index < -0.39 is 15.5 Å². The molecular formula is NO6PdS+. The molecule has 0 radical (unpaired) electrons. The van der Waals surface area contributed by atoms with Gasteiger partial charge >= 0.3 is 25.5 Å². The summed E-state index contributed by atoms with van der Waals surface area (Å²) >= 11 is 0. The molecule has 0 spiro atoms. The molecule has 0 aromatic heterocycles. The van der Waals surface area contributed by atoms with Crippen LogP contribution in [0.15, 0.2) is 0 Å². The Balaban J connectivity index is 0. The van der Waals surface area contributed by atoms with E-state index >= 15 is 0 Å². The van der Waals surface area contributed by atoms with Crippen LogP contribution < -0.4 is 0 Å². The Morgan fingerprint density at radius 2 is 1.78 bits per heavy atom. The molecule has 0 aliphatic heterocycles. The maximum absolute atomic E-state index is 9.22. The van der Waals surface area contributed by atoms with E-state index in [2.05, 4.69) is 4.28 Å². The molecule has 0 aliphatic rings. The number of hydrogen-bond acceptors (Lipinski definition) is 6. The van der Waals surface area contributed by atoms with Gasteiger partial charge in [0.1, 0.15) is 0 Å². The molecule has 0 N–H and O–H groups in total. The maximum atomic E-state index is 9.22. The Morgan fingerprint density at radius 1 is 1.44 bits per heavy atom. The molecule has 0 rings (SSSR count). The molecule has 0 bridgehead atoms. The van der Waals surface area contributed by atoms with Crippen molar-refractivity contribution in [2.75, 3.05) is 0 Å². The number of nitrogens with zero attached hydrogens (tertiary/aromatic N) is 1. The van der Waals surface area contributed by atoms with Gasteiger partial charge < -0.3 is 4.55 Å². The van der Waals surface area contributed by atoms with Crippen LogP contribution >= 0.6 is 0 Å². The number of rotatable bonds is 2. The monoisotopic (exact) mass is 248 g/mol. The smallest absolute Gasteiger partial charge is 0.727 e. The van der Waals surface area contributed by atoms with Crippen molar-refractivity contribution in [2.24, 2.45) is 0 Å². The zero-order chi connectivity index (χ0) is 6.78. The number of hydrogen-bond donors (Lipinski definition) is 0. The topological polar surface area (TPSA) is 110 Å². The fraction of sp³-hybridized carbons (Fsp3) is 0. The van der Waals surface area contributed by atoms with E-state index in [1.807, 2.05) is 0 Å². The first-order chi connectivity index (χ1) is 3.42. The summed E-state index contributed by atoms with van der Waals surface area (Å²) in [6, 6.07) is 0. The summed E-state index contributed by atoms with van der Waals surface area (Å²) in [5.41, 5.74) is 0. The predicted molar refractivity (Wildman–Crippen MR) is 17.8 cm³/mol. The molecule has 9 heavy (non-hydrogen) atoms. The van der Waals surface area contributed by atoms with Crippen LogP contribution in [-0.4, -0.2) is 18.1 Å². The van der Waals surface area contributed by atoms with Gasteiger partial charge in [0.05, 0.1) is 0 Å². The molecule has 0 aromatic carbocycles. The van der Waals surface area contributed by atoms with Gasteiger partial charge in [-0.1, -0.05) is 0 Å². The van der Waals surface area contributed by atoms with Crippen molar-refractivity contribution in [1.82, 2.24) is 0 Å². The van der Waals surface area contributed by atoms with Crippen molar-refractivity contribution in [3.63, 3.8) is 0 Å². The molecule has 0 atom stereocenters. The molecule has 0 saturated heterocycles. The van der Waals surface area contributed by atoms with E-state index in [4.69, 9.17) is 10.1 Å². The van der Waals surface area contributed by atoms with Gasteiger partial charge in [-0.05, 0) is 0 Å². The molecule has 0 heterocycles. The maximum Gasteiger partial charge on any atom is 2.00 e. The summed E-state index contributed by atoms with van der Waals surface area (Å²) in [4.78, 5) is 9.02. The van der Waals surface area contributed by atoms with E-state index in [0.29, 0.717) is 0 Å². The summed E-state index contributed by atoms with van der Waals surface area (Å²) in [5.74, 6) is 0. The van der Waals surface area contributed by atoms with Crippen LogP contribution in [0.25, 0.3) is 0 Å². The normalized spacial score (nSPS) is 9.44. The SMILES string of the molecule is O=[N+]([O-])OS(=O)(=O)[O-].[Pd+2]. The predicted octanol–water partition coefficient (Wildman–Crippen LogP) is -1.35. The minimum atomic E-state index is -5.17. The fourth-order valence-electron chi connectivity index (χ4n) is 0.0745. The van der Waals surface area contributed by atoms with Crippen LogP contribution in [-0.2, 0) is 35.1 Å². The molecule has 0 aromatic rings. The van der Waals surface area contributed by atoms with Crippen LogP contribution in [0.3, 0.4) is 0 Å². The van der Waals surface area contributed by atoms with E-state index in [0.717, 1.165) is 0 Å². The molecule has 0 amide bonds. The van der Waals surface area contributed by atoms with Gasteiger partial charge in [0.25, 0.3) is 10.4 Å². The van der Waals surface area contributed by atoms with Crippen LogP contribution in [0.5, 0.6) is 0 Å². The molecule has 0 fully saturated rings. The van der Waals surface area contributed by atoms with E-state index in [9.17, 15) is 13.0 Å². The molecule has 0 aliphatic carbocycles. The van der Waals surface area contributed by atoms with Crippen LogP contribution in [0, 0.1) is 10.1 Å². The third-order valence-electron chi connectivity index (χ3n) is 0.152. The summed E-state index contributed by atoms with van der Waals surface area (Å²) in [6.45, 7) is 0. The second kappa shape index (κ2) is 3.73. The Morgan fingerprint density at radius 3 is 1.78 bits per heavy atom. The molecule has 7 nitrogen and oxygen atoms in total. The van der Waals surface area contributed by atoms with Crippen LogP contribution in [0.2, 0.25) is 0 Å². The Hall–Kier alpha value is -0.228. The first-order valence-electron chi connectivity index (χ1n) is 1.21. The minimum absolute atomic E-state index is 0. The Kier molecular flexibility index (Phi) is 4.79. The molecule has 0 saturated carbocycles. The van der Waals surface area contributed by atoms with Gasteiger partial charge in [-0.3, -0.25) is 0 Å². The Bertz CT molecular complexity index is 179. The zero-order valence-corrected chi connectivity index (χ0v) is 5.99. The van der Waals surface area contributed by atoms with Crippen molar-refractivity contribution in [2.45, 2.75) is 0 Å². The second-order valence-electron chi connectivity index (χ2n) is 0.706. The summed E-state index contributed by atoms with van der Waals surface area (Å²) in [7, 11) is -5.17. The van der Waals surface area contributed by atoms with E-state index in [-0.39, 0.29) is 20.4 Å². The largest absolute Gasteiger partial charge is 2.00 e. The van der Waals surface area contributed by atoms with Crippen molar-refractivity contribution in [1.29, 1.82) is 0 Å². The third kappa shape index (κ3) is 11.4. The average Bonchev–Trinajstić information content (AvgIpc) is 1.21. The third-order valence-corrected chi connectivity index (χ3v) is 0.456. The van der Waals surface area contributed by atoms with Gasteiger partial charge in [0.2, 0.25) is 0 Å². The minimum Gasteiger partial charge on any atom is -0.727 e. The zero-order valence-electron chi connectivity index (χ0n) is 3.62. The van der Waals surface area contributed by atoms with E-state index in [1.54, 1.807) is 0 Å². The van der Waals surface area contributed by atoms with Crippen molar-refractivity contribution >= 4 is 10.4 Å².